The quantitative estimate of drug-likeness (QED) is 0.738. The number of anilines is 1. The molecule has 0 saturated carbocycles. The van der Waals surface area contributed by atoms with Crippen molar-refractivity contribution < 1.29 is 18.8 Å². The van der Waals surface area contributed by atoms with Gasteiger partial charge in [-0.05, 0) is 13.8 Å². The van der Waals surface area contributed by atoms with Crippen molar-refractivity contribution in [2.24, 2.45) is 13.0 Å². The number of aromatic nitrogens is 3. The minimum Gasteiger partial charge on any atom is -0.383 e. The number of hydrogen-bond acceptors (Lipinski definition) is 6. The first-order valence-corrected chi connectivity index (χ1v) is 9.15. The van der Waals surface area contributed by atoms with E-state index in [9.17, 15) is 9.59 Å². The molecule has 28 heavy (non-hydrogen) atoms. The van der Waals surface area contributed by atoms with Crippen LogP contribution in [0, 0.1) is 19.8 Å². The Kier molecular flexibility index (Phi) is 5.98. The molecular weight excluding hydrogens is 364 g/mol. The second-order valence-corrected chi connectivity index (χ2v) is 6.96. The van der Waals surface area contributed by atoms with Gasteiger partial charge in [-0.2, -0.15) is 5.10 Å². The summed E-state index contributed by atoms with van der Waals surface area (Å²) < 4.78 is 11.9. The maximum Gasteiger partial charge on any atom is 0.320 e. The average molecular weight is 390 g/mol. The van der Waals surface area contributed by atoms with Crippen LogP contribution in [0.1, 0.15) is 29.5 Å². The van der Waals surface area contributed by atoms with E-state index in [1.54, 1.807) is 31.0 Å². The molecule has 1 aliphatic rings. The smallest absolute Gasteiger partial charge is 0.320 e. The minimum atomic E-state index is -0.391. The number of nitrogens with one attached hydrogen (secondary N) is 2. The molecule has 0 bridgehead atoms. The lowest BCUT2D eigenvalue weighted by atomic mass is 9.94. The van der Waals surface area contributed by atoms with Gasteiger partial charge < -0.3 is 19.5 Å². The Morgan fingerprint density at radius 2 is 2.21 bits per heavy atom. The Bertz CT molecular complexity index is 845. The van der Waals surface area contributed by atoms with Gasteiger partial charge in [0.25, 0.3) is 0 Å². The van der Waals surface area contributed by atoms with Gasteiger partial charge >= 0.3 is 6.03 Å². The Hall–Kier alpha value is -2.88. The zero-order valence-corrected chi connectivity index (χ0v) is 16.6. The van der Waals surface area contributed by atoms with E-state index in [-0.39, 0.29) is 17.9 Å². The number of amides is 3. The van der Waals surface area contributed by atoms with Crippen molar-refractivity contribution in [2.45, 2.75) is 26.3 Å². The van der Waals surface area contributed by atoms with E-state index in [0.717, 1.165) is 11.3 Å². The van der Waals surface area contributed by atoms with E-state index in [4.69, 9.17) is 9.26 Å². The number of likely N-dealkylation sites (tertiary alicyclic amines) is 1. The zero-order chi connectivity index (χ0) is 20.3. The Labute approximate surface area is 163 Å². The maximum absolute atomic E-state index is 12.6. The van der Waals surface area contributed by atoms with Crippen molar-refractivity contribution >= 4 is 17.8 Å². The number of aryl methyl sites for hydroxylation is 2. The topological polar surface area (TPSA) is 115 Å². The molecule has 0 unspecified atom stereocenters. The fraction of sp³-hybridized carbons (Fsp3) is 0.556. The molecule has 0 radical (unpaired) electrons. The number of nitrogens with zero attached hydrogens (tertiary/aromatic N) is 4. The van der Waals surface area contributed by atoms with Crippen LogP contribution in [0.15, 0.2) is 16.8 Å². The number of rotatable bonds is 7. The molecule has 10 nitrogen and oxygen atoms in total. The second kappa shape index (κ2) is 8.42. The molecule has 2 atom stereocenters. The van der Waals surface area contributed by atoms with Crippen molar-refractivity contribution in [2.75, 3.05) is 32.1 Å². The van der Waals surface area contributed by atoms with E-state index in [1.165, 1.54) is 0 Å². The van der Waals surface area contributed by atoms with Gasteiger partial charge in [0, 0.05) is 56.9 Å². The summed E-state index contributed by atoms with van der Waals surface area (Å²) in [5.74, 6) is 0.929. The summed E-state index contributed by atoms with van der Waals surface area (Å²) in [6.07, 6.45) is 2.15. The highest BCUT2D eigenvalue weighted by atomic mass is 16.5. The lowest BCUT2D eigenvalue weighted by Crippen LogP contribution is -2.37. The first-order valence-electron chi connectivity index (χ1n) is 9.15. The highest BCUT2D eigenvalue weighted by Crippen LogP contribution is 2.38. The third-order valence-corrected chi connectivity index (χ3v) is 5.06. The molecule has 152 valence electrons. The highest BCUT2D eigenvalue weighted by Gasteiger charge is 2.41. The minimum absolute atomic E-state index is 0.0460. The van der Waals surface area contributed by atoms with E-state index < -0.39 is 6.03 Å². The van der Waals surface area contributed by atoms with Crippen molar-refractivity contribution in [1.29, 1.82) is 0 Å². The van der Waals surface area contributed by atoms with Crippen LogP contribution >= 0.6 is 0 Å². The van der Waals surface area contributed by atoms with Crippen LogP contribution in [0.4, 0.5) is 10.6 Å². The molecule has 1 fully saturated rings. The molecule has 1 aliphatic heterocycles. The van der Waals surface area contributed by atoms with Gasteiger partial charge in [0.1, 0.15) is 5.76 Å². The SMILES string of the molecule is COCCN1C(=O)C[C@H](CNC(=O)Nc2cc(C)on2)[C@H]1c1cnn(C)c1C. The van der Waals surface area contributed by atoms with Gasteiger partial charge in [0.2, 0.25) is 5.91 Å². The molecule has 10 heteroatoms. The van der Waals surface area contributed by atoms with Gasteiger partial charge in [-0.1, -0.05) is 5.16 Å². The number of hydrogen-bond donors (Lipinski definition) is 2. The van der Waals surface area contributed by atoms with Crippen LogP contribution in [0.3, 0.4) is 0 Å². The Balaban J connectivity index is 1.71. The third-order valence-electron chi connectivity index (χ3n) is 5.06. The predicted molar refractivity (Wildman–Crippen MR) is 101 cm³/mol. The van der Waals surface area contributed by atoms with E-state index in [1.807, 2.05) is 18.9 Å². The van der Waals surface area contributed by atoms with Gasteiger partial charge in [0.05, 0.1) is 18.8 Å². The predicted octanol–water partition coefficient (Wildman–Crippen LogP) is 1.38. The van der Waals surface area contributed by atoms with Gasteiger partial charge in [-0.25, -0.2) is 4.79 Å². The number of methoxy groups -OCH3 is 1. The number of carbonyl (C=O) groups is 2. The van der Waals surface area contributed by atoms with Crippen LogP contribution in [0.5, 0.6) is 0 Å². The van der Waals surface area contributed by atoms with Crippen molar-refractivity contribution in [3.8, 4) is 0 Å². The van der Waals surface area contributed by atoms with Crippen LogP contribution < -0.4 is 10.6 Å². The van der Waals surface area contributed by atoms with Crippen LogP contribution in [-0.2, 0) is 16.6 Å². The fourth-order valence-electron chi connectivity index (χ4n) is 3.54. The molecule has 0 aliphatic carbocycles. The molecule has 0 aromatic carbocycles. The van der Waals surface area contributed by atoms with Crippen molar-refractivity contribution in [1.82, 2.24) is 25.2 Å². The summed E-state index contributed by atoms with van der Waals surface area (Å²) in [7, 11) is 3.48. The molecule has 1 saturated heterocycles. The first-order chi connectivity index (χ1) is 13.4. The largest absolute Gasteiger partial charge is 0.383 e. The number of carbonyl (C=O) groups excluding carboxylic acids is 2. The molecular formula is C18H26N6O4. The summed E-state index contributed by atoms with van der Waals surface area (Å²) >= 11 is 0. The summed E-state index contributed by atoms with van der Waals surface area (Å²) in [5.41, 5.74) is 1.98. The molecule has 3 heterocycles. The average Bonchev–Trinajstić information content (AvgIpc) is 3.30. The monoisotopic (exact) mass is 390 g/mol. The first kappa shape index (κ1) is 19.9. The zero-order valence-electron chi connectivity index (χ0n) is 16.6. The van der Waals surface area contributed by atoms with Gasteiger partial charge in [0.15, 0.2) is 5.82 Å². The molecule has 2 N–H and O–H groups in total. The normalized spacial score (nSPS) is 19.3. The van der Waals surface area contributed by atoms with Crippen molar-refractivity contribution in [3.05, 3.63) is 29.3 Å². The van der Waals surface area contributed by atoms with Crippen LogP contribution in [0.2, 0.25) is 0 Å². The highest BCUT2D eigenvalue weighted by molar-refractivity contribution is 5.88. The summed E-state index contributed by atoms with van der Waals surface area (Å²) in [6.45, 7) is 5.01. The Morgan fingerprint density at radius 1 is 1.43 bits per heavy atom. The lowest BCUT2D eigenvalue weighted by molar-refractivity contribution is -0.129. The Morgan fingerprint density at radius 3 is 2.82 bits per heavy atom. The van der Waals surface area contributed by atoms with Crippen LogP contribution in [0.25, 0.3) is 0 Å². The molecule has 3 amide bonds. The molecule has 3 rings (SSSR count). The number of urea groups is 1. The number of ether oxygens (including phenoxy) is 1. The standard InChI is InChI=1S/C18H26N6O4/c1-11-7-15(22-28-11)21-18(26)19-9-13-8-16(25)24(5-6-27-4)17(13)14-10-20-23(3)12(14)2/h7,10,13,17H,5-6,8-9H2,1-4H3,(H2,19,21,22,26)/t13-,17+/m1/s1. The van der Waals surface area contributed by atoms with Gasteiger partial charge in [-0.3, -0.25) is 14.8 Å². The third kappa shape index (κ3) is 4.16. The van der Waals surface area contributed by atoms with E-state index >= 15 is 0 Å². The van der Waals surface area contributed by atoms with Crippen molar-refractivity contribution in [3.63, 3.8) is 0 Å². The van der Waals surface area contributed by atoms with Crippen LogP contribution in [-0.4, -0.2) is 58.6 Å². The van der Waals surface area contributed by atoms with Gasteiger partial charge in [-0.15, -0.1) is 0 Å². The molecule has 2 aromatic rings. The van der Waals surface area contributed by atoms with E-state index in [0.29, 0.717) is 37.7 Å². The lowest BCUT2D eigenvalue weighted by Gasteiger charge is -2.28. The van der Waals surface area contributed by atoms with E-state index in [2.05, 4.69) is 20.9 Å². The maximum atomic E-state index is 12.6. The fourth-order valence-corrected chi connectivity index (χ4v) is 3.54. The molecule has 0 spiro atoms. The summed E-state index contributed by atoms with van der Waals surface area (Å²) in [6, 6.07) is 1.08. The summed E-state index contributed by atoms with van der Waals surface area (Å²) in [4.78, 5) is 26.6. The molecule has 2 aromatic heterocycles. The summed E-state index contributed by atoms with van der Waals surface area (Å²) in [5, 5.41) is 13.5. The second-order valence-electron chi connectivity index (χ2n) is 6.96.